The average Bonchev–Trinajstić information content (AvgIpc) is 3.41. The van der Waals surface area contributed by atoms with Crippen molar-refractivity contribution in [1.82, 2.24) is 9.80 Å². The fourth-order valence-electron chi connectivity index (χ4n) is 4.27. The van der Waals surface area contributed by atoms with E-state index in [1.165, 1.54) is 0 Å². The third kappa shape index (κ3) is 4.14. The van der Waals surface area contributed by atoms with E-state index in [-0.39, 0.29) is 25.7 Å². The molecule has 1 amide bonds. The van der Waals surface area contributed by atoms with Crippen LogP contribution in [0.5, 0.6) is 23.0 Å². The quantitative estimate of drug-likeness (QED) is 0.719. The standard InChI is InChI=1S/C24H28N2O6/c1-24(2,3)32-23(27)26-10-8-25(9-11-26)22(16-4-6-18-20(12-16)30-14-28-18)17-5-7-19-21(13-17)31-15-29-19/h4-7,12-13,22H,8-11,14-15H2,1-3H3. The van der Waals surface area contributed by atoms with Crippen LogP contribution in [-0.2, 0) is 4.74 Å². The van der Waals surface area contributed by atoms with E-state index >= 15 is 0 Å². The van der Waals surface area contributed by atoms with Crippen molar-refractivity contribution < 1.29 is 28.5 Å². The second-order valence-electron chi connectivity index (χ2n) is 9.13. The number of amides is 1. The Bertz CT molecular complexity index is 953. The topological polar surface area (TPSA) is 69.7 Å². The first-order valence-electron chi connectivity index (χ1n) is 10.9. The Hall–Kier alpha value is -3.13. The highest BCUT2D eigenvalue weighted by atomic mass is 16.7. The summed E-state index contributed by atoms with van der Waals surface area (Å²) < 4.78 is 27.8. The zero-order chi connectivity index (χ0) is 22.3. The van der Waals surface area contributed by atoms with Crippen molar-refractivity contribution >= 4 is 6.09 Å². The molecular weight excluding hydrogens is 412 g/mol. The first kappa shape index (κ1) is 20.8. The minimum atomic E-state index is -0.504. The summed E-state index contributed by atoms with van der Waals surface area (Å²) in [6.45, 7) is 8.76. The molecule has 2 aromatic carbocycles. The van der Waals surface area contributed by atoms with Crippen LogP contribution in [0.2, 0.25) is 0 Å². The SMILES string of the molecule is CC(C)(C)OC(=O)N1CCN(C(c2ccc3c(c2)OCO3)c2ccc3c(c2)OCO3)CC1. The molecule has 3 aliphatic heterocycles. The van der Waals surface area contributed by atoms with E-state index in [9.17, 15) is 4.79 Å². The van der Waals surface area contributed by atoms with E-state index < -0.39 is 5.60 Å². The number of nitrogens with zero attached hydrogens (tertiary/aromatic N) is 2. The van der Waals surface area contributed by atoms with Gasteiger partial charge in [0, 0.05) is 26.2 Å². The summed E-state index contributed by atoms with van der Waals surface area (Å²) in [4.78, 5) is 16.7. The smallest absolute Gasteiger partial charge is 0.410 e. The Balaban J connectivity index is 1.40. The van der Waals surface area contributed by atoms with Crippen LogP contribution in [0, 0.1) is 0 Å². The molecule has 2 aromatic rings. The molecule has 0 saturated carbocycles. The van der Waals surface area contributed by atoms with Crippen LogP contribution in [0.15, 0.2) is 36.4 Å². The number of fused-ring (bicyclic) bond motifs is 2. The largest absolute Gasteiger partial charge is 0.454 e. The van der Waals surface area contributed by atoms with Crippen molar-refractivity contribution in [1.29, 1.82) is 0 Å². The lowest BCUT2D eigenvalue weighted by Crippen LogP contribution is -2.51. The molecule has 8 heteroatoms. The minimum Gasteiger partial charge on any atom is -0.454 e. The van der Waals surface area contributed by atoms with Gasteiger partial charge in [0.1, 0.15) is 5.60 Å². The zero-order valence-corrected chi connectivity index (χ0v) is 18.6. The minimum absolute atomic E-state index is 0.0280. The lowest BCUT2D eigenvalue weighted by Gasteiger charge is -2.40. The van der Waals surface area contributed by atoms with Crippen molar-refractivity contribution in [3.8, 4) is 23.0 Å². The van der Waals surface area contributed by atoms with E-state index in [0.717, 1.165) is 34.1 Å². The molecule has 0 aromatic heterocycles. The summed E-state index contributed by atoms with van der Waals surface area (Å²) in [6, 6.07) is 12.1. The predicted molar refractivity (Wildman–Crippen MR) is 116 cm³/mol. The fourth-order valence-corrected chi connectivity index (χ4v) is 4.27. The summed E-state index contributed by atoms with van der Waals surface area (Å²) in [7, 11) is 0. The van der Waals surface area contributed by atoms with Crippen molar-refractivity contribution in [2.45, 2.75) is 32.4 Å². The second-order valence-corrected chi connectivity index (χ2v) is 9.13. The predicted octanol–water partition coefficient (Wildman–Crippen LogP) is 3.79. The van der Waals surface area contributed by atoms with Gasteiger partial charge in [0.2, 0.25) is 13.6 Å². The average molecular weight is 440 g/mol. The summed E-state index contributed by atoms with van der Waals surface area (Å²) in [5.74, 6) is 3.02. The summed E-state index contributed by atoms with van der Waals surface area (Å²) in [6.07, 6.45) is -0.264. The van der Waals surface area contributed by atoms with Crippen LogP contribution in [0.1, 0.15) is 37.9 Å². The molecule has 0 spiro atoms. The molecule has 3 aliphatic rings. The third-order valence-corrected chi connectivity index (χ3v) is 5.76. The van der Waals surface area contributed by atoms with Crippen molar-refractivity contribution in [3.05, 3.63) is 47.5 Å². The van der Waals surface area contributed by atoms with Gasteiger partial charge in [0.25, 0.3) is 0 Å². The van der Waals surface area contributed by atoms with E-state index in [1.807, 2.05) is 45.0 Å². The van der Waals surface area contributed by atoms with Gasteiger partial charge in [-0.1, -0.05) is 12.1 Å². The lowest BCUT2D eigenvalue weighted by molar-refractivity contribution is 0.0119. The molecule has 1 fully saturated rings. The molecule has 3 heterocycles. The third-order valence-electron chi connectivity index (χ3n) is 5.76. The van der Waals surface area contributed by atoms with Crippen molar-refractivity contribution in [3.63, 3.8) is 0 Å². The summed E-state index contributed by atoms with van der Waals surface area (Å²) in [5, 5.41) is 0. The van der Waals surface area contributed by atoms with Crippen LogP contribution in [0.3, 0.4) is 0 Å². The van der Waals surface area contributed by atoms with Crippen LogP contribution in [0.4, 0.5) is 4.79 Å². The number of carbonyl (C=O) groups excluding carboxylic acids is 1. The molecule has 1 saturated heterocycles. The van der Waals surface area contributed by atoms with Crippen LogP contribution < -0.4 is 18.9 Å². The van der Waals surface area contributed by atoms with Gasteiger partial charge in [-0.15, -0.1) is 0 Å². The molecule has 170 valence electrons. The molecular formula is C24H28N2O6. The highest BCUT2D eigenvalue weighted by Gasteiger charge is 2.32. The molecule has 0 unspecified atom stereocenters. The number of rotatable bonds is 3. The number of carbonyl (C=O) groups is 1. The van der Waals surface area contributed by atoms with Gasteiger partial charge < -0.3 is 28.6 Å². The lowest BCUT2D eigenvalue weighted by atomic mass is 9.95. The second kappa shape index (κ2) is 8.09. The Morgan fingerprint density at radius 2 is 1.31 bits per heavy atom. The molecule has 0 radical (unpaired) electrons. The van der Waals surface area contributed by atoms with Crippen LogP contribution >= 0.6 is 0 Å². The van der Waals surface area contributed by atoms with Gasteiger partial charge in [0.15, 0.2) is 23.0 Å². The normalized spacial score (nSPS) is 17.7. The Labute approximate surface area is 187 Å². The van der Waals surface area contributed by atoms with Crippen LogP contribution in [-0.4, -0.2) is 61.3 Å². The number of hydrogen-bond acceptors (Lipinski definition) is 7. The first-order chi connectivity index (χ1) is 15.4. The maximum absolute atomic E-state index is 12.5. The Morgan fingerprint density at radius 1 is 0.812 bits per heavy atom. The molecule has 0 atom stereocenters. The monoisotopic (exact) mass is 440 g/mol. The zero-order valence-electron chi connectivity index (χ0n) is 18.6. The van der Waals surface area contributed by atoms with E-state index in [4.69, 9.17) is 23.7 Å². The van der Waals surface area contributed by atoms with Gasteiger partial charge in [-0.2, -0.15) is 0 Å². The van der Waals surface area contributed by atoms with E-state index in [2.05, 4.69) is 17.0 Å². The Morgan fingerprint density at radius 3 is 1.81 bits per heavy atom. The molecule has 0 bridgehead atoms. The number of piperazine rings is 1. The van der Waals surface area contributed by atoms with Crippen molar-refractivity contribution in [2.24, 2.45) is 0 Å². The van der Waals surface area contributed by atoms with Gasteiger partial charge in [-0.25, -0.2) is 4.79 Å². The molecule has 0 aliphatic carbocycles. The molecule has 5 rings (SSSR count). The maximum Gasteiger partial charge on any atom is 0.410 e. The first-order valence-corrected chi connectivity index (χ1v) is 10.9. The van der Waals surface area contributed by atoms with E-state index in [1.54, 1.807) is 4.90 Å². The van der Waals surface area contributed by atoms with Gasteiger partial charge >= 0.3 is 6.09 Å². The maximum atomic E-state index is 12.5. The fraction of sp³-hybridized carbons (Fsp3) is 0.458. The number of ether oxygens (including phenoxy) is 5. The summed E-state index contributed by atoms with van der Waals surface area (Å²) in [5.41, 5.74) is 1.69. The van der Waals surface area contributed by atoms with E-state index in [0.29, 0.717) is 26.2 Å². The number of hydrogen-bond donors (Lipinski definition) is 0. The van der Waals surface area contributed by atoms with Gasteiger partial charge in [-0.05, 0) is 56.2 Å². The van der Waals surface area contributed by atoms with Crippen LogP contribution in [0.25, 0.3) is 0 Å². The van der Waals surface area contributed by atoms with Gasteiger partial charge in [-0.3, -0.25) is 4.90 Å². The van der Waals surface area contributed by atoms with Crippen molar-refractivity contribution in [2.75, 3.05) is 39.8 Å². The molecule has 8 nitrogen and oxygen atoms in total. The van der Waals surface area contributed by atoms with Gasteiger partial charge in [0.05, 0.1) is 6.04 Å². The molecule has 0 N–H and O–H groups in total. The molecule has 32 heavy (non-hydrogen) atoms. The number of benzene rings is 2. The summed E-state index contributed by atoms with van der Waals surface area (Å²) >= 11 is 0. The highest BCUT2D eigenvalue weighted by molar-refractivity contribution is 5.68. The highest BCUT2D eigenvalue weighted by Crippen LogP contribution is 2.41. The Kier molecular flexibility index (Phi) is 5.25.